The van der Waals surface area contributed by atoms with Crippen molar-refractivity contribution in [1.82, 2.24) is 10.3 Å². The molecule has 2 aromatic carbocycles. The second-order valence-corrected chi connectivity index (χ2v) is 5.77. The number of hydrogen-bond acceptors (Lipinski definition) is 2. The first kappa shape index (κ1) is 15.8. The number of carbonyl (C=O) groups is 2. The van der Waals surface area contributed by atoms with Gasteiger partial charge in [-0.15, -0.1) is 0 Å². The second kappa shape index (κ2) is 6.58. The molecule has 0 saturated carbocycles. The molecular weight excluding hydrogens is 304 g/mol. The van der Waals surface area contributed by atoms with Gasteiger partial charge in [-0.25, -0.2) is 0 Å². The van der Waals surface area contributed by atoms with Crippen LogP contribution in [0, 0.1) is 5.92 Å². The summed E-state index contributed by atoms with van der Waals surface area (Å²) in [5, 5.41) is 13.2. The van der Waals surface area contributed by atoms with Gasteiger partial charge in [-0.1, -0.05) is 36.4 Å². The molecule has 0 aliphatic carbocycles. The largest absolute Gasteiger partial charge is 0.481 e. The van der Waals surface area contributed by atoms with Gasteiger partial charge in [0.05, 0.1) is 12.0 Å². The SMILES string of the molecule is CC(C(=O)O)C(NC(=O)c1ccc2cc[nH]c2c1)c1ccccc1. The lowest BCUT2D eigenvalue weighted by Crippen LogP contribution is -2.35. The van der Waals surface area contributed by atoms with Crippen LogP contribution in [0.15, 0.2) is 60.8 Å². The van der Waals surface area contributed by atoms with Crippen LogP contribution < -0.4 is 5.32 Å². The third kappa shape index (κ3) is 3.15. The van der Waals surface area contributed by atoms with Crippen molar-refractivity contribution < 1.29 is 14.7 Å². The van der Waals surface area contributed by atoms with Gasteiger partial charge in [0.1, 0.15) is 0 Å². The Morgan fingerprint density at radius 2 is 1.83 bits per heavy atom. The van der Waals surface area contributed by atoms with Crippen LogP contribution >= 0.6 is 0 Å². The highest BCUT2D eigenvalue weighted by Crippen LogP contribution is 2.23. The molecule has 2 atom stereocenters. The van der Waals surface area contributed by atoms with Crippen LogP contribution in [0.4, 0.5) is 0 Å². The van der Waals surface area contributed by atoms with E-state index in [-0.39, 0.29) is 5.91 Å². The summed E-state index contributed by atoms with van der Waals surface area (Å²) in [6.45, 7) is 1.59. The van der Waals surface area contributed by atoms with E-state index in [1.807, 2.05) is 48.7 Å². The Bertz CT molecular complexity index is 870. The molecule has 0 saturated heterocycles. The van der Waals surface area contributed by atoms with E-state index < -0.39 is 17.9 Å². The molecule has 0 radical (unpaired) electrons. The zero-order chi connectivity index (χ0) is 17.1. The lowest BCUT2D eigenvalue weighted by Gasteiger charge is -2.23. The van der Waals surface area contributed by atoms with Crippen LogP contribution in [-0.2, 0) is 4.79 Å². The van der Waals surface area contributed by atoms with Gasteiger partial charge in [-0.3, -0.25) is 9.59 Å². The number of aromatic nitrogens is 1. The zero-order valence-corrected chi connectivity index (χ0v) is 13.2. The molecule has 2 unspecified atom stereocenters. The minimum absolute atomic E-state index is 0.298. The summed E-state index contributed by atoms with van der Waals surface area (Å²) in [7, 11) is 0. The topological polar surface area (TPSA) is 82.2 Å². The molecule has 24 heavy (non-hydrogen) atoms. The fourth-order valence-corrected chi connectivity index (χ4v) is 2.71. The molecule has 3 rings (SSSR count). The molecule has 1 aromatic heterocycles. The van der Waals surface area contributed by atoms with Gasteiger partial charge in [0.25, 0.3) is 5.91 Å². The molecule has 1 heterocycles. The molecule has 3 aromatic rings. The van der Waals surface area contributed by atoms with Gasteiger partial charge < -0.3 is 15.4 Å². The lowest BCUT2D eigenvalue weighted by atomic mass is 9.94. The Balaban J connectivity index is 1.88. The number of amides is 1. The predicted molar refractivity (Wildman–Crippen MR) is 91.7 cm³/mol. The Hall–Kier alpha value is -3.08. The third-order valence-corrected chi connectivity index (χ3v) is 4.15. The number of carboxylic acids is 1. The number of carboxylic acid groups (broad SMARTS) is 1. The molecule has 0 aliphatic rings. The Morgan fingerprint density at radius 3 is 2.54 bits per heavy atom. The third-order valence-electron chi connectivity index (χ3n) is 4.15. The highest BCUT2D eigenvalue weighted by Gasteiger charge is 2.27. The molecule has 3 N–H and O–H groups in total. The lowest BCUT2D eigenvalue weighted by molar-refractivity contribution is -0.142. The number of rotatable bonds is 5. The van der Waals surface area contributed by atoms with Gasteiger partial charge in [-0.05, 0) is 36.1 Å². The van der Waals surface area contributed by atoms with E-state index in [1.54, 1.807) is 19.1 Å². The number of benzene rings is 2. The van der Waals surface area contributed by atoms with E-state index in [0.717, 1.165) is 16.5 Å². The molecule has 0 aliphatic heterocycles. The number of nitrogens with one attached hydrogen (secondary N) is 2. The van der Waals surface area contributed by atoms with Gasteiger partial charge in [0.15, 0.2) is 0 Å². The van der Waals surface area contributed by atoms with Crippen molar-refractivity contribution in [2.75, 3.05) is 0 Å². The first-order valence-electron chi connectivity index (χ1n) is 7.72. The normalized spacial score (nSPS) is 13.4. The number of aliphatic carboxylic acids is 1. The summed E-state index contributed by atoms with van der Waals surface area (Å²) in [6, 6.07) is 15.8. The predicted octanol–water partition coefficient (Wildman–Crippen LogP) is 3.36. The van der Waals surface area contributed by atoms with Gasteiger partial charge in [0, 0.05) is 17.3 Å². The van der Waals surface area contributed by atoms with Crippen molar-refractivity contribution in [3.05, 3.63) is 71.9 Å². The number of fused-ring (bicyclic) bond motifs is 1. The van der Waals surface area contributed by atoms with Crippen LogP contribution in [0.25, 0.3) is 10.9 Å². The molecule has 0 spiro atoms. The number of H-pyrrole nitrogens is 1. The summed E-state index contributed by atoms with van der Waals surface area (Å²) >= 11 is 0. The standard InChI is InChI=1S/C19H18N2O3/c1-12(19(23)24)17(14-5-3-2-4-6-14)21-18(22)15-8-7-13-9-10-20-16(13)11-15/h2-12,17,20H,1H3,(H,21,22)(H,23,24). The quantitative estimate of drug-likeness (QED) is 0.673. The maximum absolute atomic E-state index is 12.6. The molecular formula is C19H18N2O3. The Labute approximate surface area is 139 Å². The molecule has 0 bridgehead atoms. The number of hydrogen-bond donors (Lipinski definition) is 3. The summed E-state index contributed by atoms with van der Waals surface area (Å²) in [6.07, 6.45) is 1.81. The smallest absolute Gasteiger partial charge is 0.308 e. The van der Waals surface area contributed by atoms with Crippen molar-refractivity contribution in [1.29, 1.82) is 0 Å². The fourth-order valence-electron chi connectivity index (χ4n) is 2.71. The van der Waals surface area contributed by atoms with Gasteiger partial charge >= 0.3 is 5.97 Å². The van der Waals surface area contributed by atoms with Gasteiger partial charge in [0.2, 0.25) is 0 Å². The van der Waals surface area contributed by atoms with E-state index in [1.165, 1.54) is 0 Å². The first-order valence-corrected chi connectivity index (χ1v) is 7.72. The minimum atomic E-state index is -0.955. The van der Waals surface area contributed by atoms with E-state index in [9.17, 15) is 14.7 Å². The fraction of sp³-hybridized carbons (Fsp3) is 0.158. The summed E-state index contributed by atoms with van der Waals surface area (Å²) in [5.74, 6) is -2.00. The summed E-state index contributed by atoms with van der Waals surface area (Å²) < 4.78 is 0. The monoisotopic (exact) mass is 322 g/mol. The number of aromatic amines is 1. The molecule has 1 amide bonds. The van der Waals surface area contributed by atoms with Crippen LogP contribution in [0.1, 0.15) is 28.9 Å². The number of carbonyl (C=O) groups excluding carboxylic acids is 1. The zero-order valence-electron chi connectivity index (χ0n) is 13.2. The van der Waals surface area contributed by atoms with Gasteiger partial charge in [-0.2, -0.15) is 0 Å². The highest BCUT2D eigenvalue weighted by atomic mass is 16.4. The van der Waals surface area contributed by atoms with Crippen molar-refractivity contribution in [2.24, 2.45) is 5.92 Å². The van der Waals surface area contributed by atoms with Crippen molar-refractivity contribution >= 4 is 22.8 Å². The van der Waals surface area contributed by atoms with Crippen LogP contribution in [0.5, 0.6) is 0 Å². The van der Waals surface area contributed by atoms with Crippen LogP contribution in [0.3, 0.4) is 0 Å². The van der Waals surface area contributed by atoms with Crippen molar-refractivity contribution in [2.45, 2.75) is 13.0 Å². The Kier molecular flexibility index (Phi) is 4.33. The molecule has 122 valence electrons. The molecule has 5 heteroatoms. The molecule has 5 nitrogen and oxygen atoms in total. The summed E-state index contributed by atoms with van der Waals surface area (Å²) in [4.78, 5) is 27.1. The van der Waals surface area contributed by atoms with E-state index in [4.69, 9.17) is 0 Å². The van der Waals surface area contributed by atoms with E-state index >= 15 is 0 Å². The van der Waals surface area contributed by atoms with E-state index in [2.05, 4.69) is 10.3 Å². The maximum atomic E-state index is 12.6. The second-order valence-electron chi connectivity index (χ2n) is 5.77. The average Bonchev–Trinajstić information content (AvgIpc) is 3.07. The van der Waals surface area contributed by atoms with Crippen molar-refractivity contribution in [3.8, 4) is 0 Å². The Morgan fingerprint density at radius 1 is 1.08 bits per heavy atom. The first-order chi connectivity index (χ1) is 11.6. The summed E-state index contributed by atoms with van der Waals surface area (Å²) in [5.41, 5.74) is 2.12. The maximum Gasteiger partial charge on any atom is 0.308 e. The minimum Gasteiger partial charge on any atom is -0.481 e. The average molecular weight is 322 g/mol. The van der Waals surface area contributed by atoms with Crippen LogP contribution in [0.2, 0.25) is 0 Å². The van der Waals surface area contributed by atoms with Crippen LogP contribution in [-0.4, -0.2) is 22.0 Å². The molecule has 0 fully saturated rings. The highest BCUT2D eigenvalue weighted by molar-refractivity contribution is 5.98. The van der Waals surface area contributed by atoms with E-state index in [0.29, 0.717) is 5.56 Å². The van der Waals surface area contributed by atoms with Crippen molar-refractivity contribution in [3.63, 3.8) is 0 Å².